The molecule has 0 amide bonds. The van der Waals surface area contributed by atoms with Crippen molar-refractivity contribution in [1.29, 1.82) is 0 Å². The lowest BCUT2D eigenvalue weighted by atomic mass is 9.97. The van der Waals surface area contributed by atoms with Gasteiger partial charge in [0.1, 0.15) is 0 Å². The minimum Gasteiger partial charge on any atom is -0.363 e. The fraction of sp³-hybridized carbons (Fsp3) is 0.231. The van der Waals surface area contributed by atoms with Crippen LogP contribution in [-0.2, 0) is 0 Å². The molecule has 0 N–H and O–H groups in total. The second-order valence-corrected chi connectivity index (χ2v) is 4.00. The predicted octanol–water partition coefficient (Wildman–Crippen LogP) is 2.86. The second kappa shape index (κ2) is 2.74. The third-order valence-electron chi connectivity index (χ3n) is 2.88. The number of benzene rings is 1. The first-order valence-corrected chi connectivity index (χ1v) is 5.07. The van der Waals surface area contributed by atoms with Crippen molar-refractivity contribution in [3.63, 3.8) is 0 Å². The third-order valence-corrected chi connectivity index (χ3v) is 2.88. The summed E-state index contributed by atoms with van der Waals surface area (Å²) >= 11 is 0. The van der Waals surface area contributed by atoms with Gasteiger partial charge in [-0.15, -0.1) is 0 Å². The van der Waals surface area contributed by atoms with Gasteiger partial charge in [0.15, 0.2) is 0 Å². The van der Waals surface area contributed by atoms with Gasteiger partial charge >= 0.3 is 0 Å². The molecule has 0 spiro atoms. The maximum atomic E-state index is 2.42. The first-order valence-electron chi connectivity index (χ1n) is 5.07. The first-order chi connectivity index (χ1) is 6.84. The molecule has 14 heavy (non-hydrogen) atoms. The van der Waals surface area contributed by atoms with Gasteiger partial charge in [-0.3, -0.25) is 0 Å². The zero-order chi connectivity index (χ0) is 9.54. The van der Waals surface area contributed by atoms with Gasteiger partial charge < -0.3 is 4.90 Å². The van der Waals surface area contributed by atoms with Gasteiger partial charge in [0.05, 0.1) is 5.69 Å². The van der Waals surface area contributed by atoms with Gasteiger partial charge in [0.2, 0.25) is 0 Å². The highest BCUT2D eigenvalue weighted by molar-refractivity contribution is 5.82. The Morgan fingerprint density at radius 2 is 1.57 bits per heavy atom. The van der Waals surface area contributed by atoms with E-state index in [-0.39, 0.29) is 0 Å². The lowest BCUT2D eigenvalue weighted by molar-refractivity contribution is 0.936. The smallest absolute Gasteiger partial charge is 0.0519 e. The Labute approximate surface area is 84.4 Å². The van der Waals surface area contributed by atoms with Crippen LogP contribution >= 0.6 is 0 Å². The Balaban J connectivity index is 2.31. The first kappa shape index (κ1) is 7.86. The van der Waals surface area contributed by atoms with Crippen molar-refractivity contribution in [3.8, 4) is 0 Å². The highest BCUT2D eigenvalue weighted by Crippen LogP contribution is 2.34. The van der Waals surface area contributed by atoms with E-state index in [4.69, 9.17) is 0 Å². The van der Waals surface area contributed by atoms with Crippen LogP contribution in [0.2, 0.25) is 0 Å². The minimum atomic E-state index is 1.05. The van der Waals surface area contributed by atoms with Crippen LogP contribution in [0.5, 0.6) is 0 Å². The fourth-order valence-electron chi connectivity index (χ4n) is 2.33. The van der Waals surface area contributed by atoms with Crippen molar-refractivity contribution in [3.05, 3.63) is 41.0 Å². The highest BCUT2D eigenvalue weighted by Gasteiger charge is 2.17. The zero-order valence-electron chi connectivity index (χ0n) is 8.33. The van der Waals surface area contributed by atoms with Crippen LogP contribution in [0.3, 0.4) is 0 Å². The van der Waals surface area contributed by atoms with Crippen LogP contribution < -0.4 is 4.90 Å². The quantitative estimate of drug-likeness (QED) is 0.597. The highest BCUT2D eigenvalue weighted by atomic mass is 15.1. The van der Waals surface area contributed by atoms with Gasteiger partial charge in [-0.25, -0.2) is 0 Å². The van der Waals surface area contributed by atoms with E-state index < -0.39 is 0 Å². The Morgan fingerprint density at radius 3 is 2.14 bits per heavy atom. The summed E-state index contributed by atoms with van der Waals surface area (Å²) in [6.45, 7) is 4.26. The van der Waals surface area contributed by atoms with Gasteiger partial charge in [0.25, 0.3) is 0 Å². The Hall–Kier alpha value is -1.50. The van der Waals surface area contributed by atoms with Crippen molar-refractivity contribution in [2.24, 2.45) is 0 Å². The average Bonchev–Trinajstić information content (AvgIpc) is 2.18. The summed E-state index contributed by atoms with van der Waals surface area (Å²) in [5.41, 5.74) is 5.50. The zero-order valence-corrected chi connectivity index (χ0v) is 8.33. The van der Waals surface area contributed by atoms with Gasteiger partial charge in [-0.05, 0) is 35.7 Å². The molecule has 2 heterocycles. The molecule has 0 saturated carbocycles. The molecule has 1 heteroatoms. The number of hydrogen-bond donors (Lipinski definition) is 0. The molecule has 70 valence electrons. The lowest BCUT2D eigenvalue weighted by Gasteiger charge is -2.31. The molecule has 2 aliphatic rings. The maximum absolute atomic E-state index is 2.42. The lowest BCUT2D eigenvalue weighted by Crippen LogP contribution is -2.28. The molecule has 1 aromatic carbocycles. The molecule has 0 aromatic heterocycles. The molecule has 0 bridgehead atoms. The summed E-state index contributed by atoms with van der Waals surface area (Å²) in [6.07, 6.45) is 8.96. The minimum absolute atomic E-state index is 1.05. The molecule has 1 aromatic rings. The summed E-state index contributed by atoms with van der Waals surface area (Å²) < 4.78 is 0. The van der Waals surface area contributed by atoms with Crippen LogP contribution in [0, 0.1) is 6.92 Å². The van der Waals surface area contributed by atoms with E-state index in [0.29, 0.717) is 0 Å². The molecule has 0 aliphatic carbocycles. The molecule has 0 fully saturated rings. The molecule has 0 saturated heterocycles. The van der Waals surface area contributed by atoms with Crippen LogP contribution in [0.15, 0.2) is 24.3 Å². The molecule has 2 aliphatic heterocycles. The number of hydrogen-bond acceptors (Lipinski definition) is 1. The fourth-order valence-corrected chi connectivity index (χ4v) is 2.33. The monoisotopic (exact) mass is 183 g/mol. The largest absolute Gasteiger partial charge is 0.363 e. The molecule has 0 radical (unpaired) electrons. The summed E-state index contributed by atoms with van der Waals surface area (Å²) in [5.74, 6) is 0. The topological polar surface area (TPSA) is 3.24 Å². The van der Waals surface area contributed by atoms with Crippen molar-refractivity contribution in [2.45, 2.75) is 6.92 Å². The third kappa shape index (κ3) is 1.02. The van der Waals surface area contributed by atoms with E-state index in [1.165, 1.54) is 22.4 Å². The Bertz CT molecular complexity index is 404. The van der Waals surface area contributed by atoms with Crippen LogP contribution in [0.25, 0.3) is 12.2 Å². The van der Waals surface area contributed by atoms with Gasteiger partial charge in [-0.2, -0.15) is 0 Å². The van der Waals surface area contributed by atoms with E-state index in [2.05, 4.69) is 48.3 Å². The van der Waals surface area contributed by atoms with Crippen LogP contribution in [0.4, 0.5) is 5.69 Å². The van der Waals surface area contributed by atoms with E-state index in [9.17, 15) is 0 Å². The normalized spacial score (nSPS) is 17.1. The van der Waals surface area contributed by atoms with Crippen LogP contribution in [-0.4, -0.2) is 13.1 Å². The Kier molecular flexibility index (Phi) is 1.54. The maximum Gasteiger partial charge on any atom is 0.0519 e. The standard InChI is InChI=1S/C13H13N/c1-10-8-11-4-2-6-14-7-3-5-12(9-10)13(11)14/h2-5,8-9H,6-7H2,1H3. The van der Waals surface area contributed by atoms with Crippen molar-refractivity contribution < 1.29 is 0 Å². The number of aryl methyl sites for hydroxylation is 1. The van der Waals surface area contributed by atoms with E-state index in [0.717, 1.165) is 13.1 Å². The van der Waals surface area contributed by atoms with Crippen LogP contribution in [0.1, 0.15) is 16.7 Å². The summed E-state index contributed by atoms with van der Waals surface area (Å²) in [4.78, 5) is 2.42. The van der Waals surface area contributed by atoms with E-state index >= 15 is 0 Å². The van der Waals surface area contributed by atoms with Gasteiger partial charge in [0, 0.05) is 13.1 Å². The number of anilines is 1. The van der Waals surface area contributed by atoms with Crippen molar-refractivity contribution >= 4 is 17.8 Å². The summed E-state index contributed by atoms with van der Waals surface area (Å²) in [5, 5.41) is 0. The van der Waals surface area contributed by atoms with Crippen molar-refractivity contribution in [1.82, 2.24) is 0 Å². The predicted molar refractivity (Wildman–Crippen MR) is 61.5 cm³/mol. The molecule has 0 atom stereocenters. The molecular formula is C13H13N. The van der Waals surface area contributed by atoms with E-state index in [1.54, 1.807) is 0 Å². The molecule has 3 rings (SSSR count). The SMILES string of the molecule is Cc1cc2c3c(c1)C=CCN3CC=C2. The number of nitrogens with zero attached hydrogens (tertiary/aromatic N) is 1. The Morgan fingerprint density at radius 1 is 1.00 bits per heavy atom. The van der Waals surface area contributed by atoms with Gasteiger partial charge in [-0.1, -0.05) is 24.3 Å². The average molecular weight is 183 g/mol. The summed E-state index contributed by atoms with van der Waals surface area (Å²) in [6, 6.07) is 4.53. The number of rotatable bonds is 0. The summed E-state index contributed by atoms with van der Waals surface area (Å²) in [7, 11) is 0. The van der Waals surface area contributed by atoms with E-state index in [1.807, 2.05) is 0 Å². The molecule has 0 unspecified atom stereocenters. The molecule has 1 nitrogen and oxygen atoms in total. The van der Waals surface area contributed by atoms with Crippen molar-refractivity contribution in [2.75, 3.05) is 18.0 Å². The molecular weight excluding hydrogens is 170 g/mol. The second-order valence-electron chi connectivity index (χ2n) is 4.00.